The van der Waals surface area contributed by atoms with Crippen molar-refractivity contribution in [3.05, 3.63) is 91.9 Å². The van der Waals surface area contributed by atoms with Gasteiger partial charge in [-0.1, -0.05) is 30.3 Å². The van der Waals surface area contributed by atoms with Crippen LogP contribution in [0.2, 0.25) is 0 Å². The lowest BCUT2D eigenvalue weighted by Gasteiger charge is -2.25. The molecule has 2 aromatic carbocycles. The van der Waals surface area contributed by atoms with Gasteiger partial charge in [-0.25, -0.2) is 9.18 Å². The number of halogens is 1. The fourth-order valence-corrected chi connectivity index (χ4v) is 3.13. The Bertz CT molecular complexity index is 1180. The average Bonchev–Trinajstić information content (AvgIpc) is 2.72. The number of aromatic amines is 1. The summed E-state index contributed by atoms with van der Waals surface area (Å²) < 4.78 is 15.5. The van der Waals surface area contributed by atoms with Crippen LogP contribution < -0.4 is 21.9 Å². The molecule has 0 spiro atoms. The highest BCUT2D eigenvalue weighted by Crippen LogP contribution is 2.21. The molecule has 0 atom stereocenters. The number of H-pyrrole nitrogens is 1. The topological polar surface area (TPSA) is 108 Å². The molecule has 0 amide bonds. The molecule has 0 unspecified atom stereocenters. The SMILES string of the molecule is CCN(Cc1cc(C#N)ccc1F)c1c(N)n(Cc2ccccc2)c(=O)[nH]c1=O. The Morgan fingerprint density at radius 3 is 2.59 bits per heavy atom. The van der Waals surface area contributed by atoms with Crippen molar-refractivity contribution in [2.24, 2.45) is 0 Å². The van der Waals surface area contributed by atoms with E-state index in [1.807, 2.05) is 36.4 Å². The van der Waals surface area contributed by atoms with Gasteiger partial charge in [0.1, 0.15) is 17.3 Å². The lowest BCUT2D eigenvalue weighted by Crippen LogP contribution is -2.38. The summed E-state index contributed by atoms with van der Waals surface area (Å²) in [4.78, 5) is 28.7. The van der Waals surface area contributed by atoms with Gasteiger partial charge in [0.2, 0.25) is 0 Å². The Morgan fingerprint density at radius 1 is 1.21 bits per heavy atom. The van der Waals surface area contributed by atoms with E-state index >= 15 is 0 Å². The first-order valence-corrected chi connectivity index (χ1v) is 9.04. The van der Waals surface area contributed by atoms with Crippen molar-refractivity contribution in [3.8, 4) is 6.07 Å². The third kappa shape index (κ3) is 4.19. The van der Waals surface area contributed by atoms with Crippen molar-refractivity contribution in [2.75, 3.05) is 17.2 Å². The standard InChI is InChI=1S/C21H20FN5O2/c1-2-26(13-16-10-15(11-23)8-9-17(16)22)18-19(24)27(21(29)25-20(18)28)12-14-6-4-3-5-7-14/h3-10H,2,12-13,24H2,1H3,(H,25,28,29). The van der Waals surface area contributed by atoms with Crippen LogP contribution in [0.3, 0.4) is 0 Å². The van der Waals surface area contributed by atoms with Crippen LogP contribution in [0.5, 0.6) is 0 Å². The smallest absolute Gasteiger partial charge is 0.330 e. The quantitative estimate of drug-likeness (QED) is 0.668. The Hall–Kier alpha value is -3.86. The van der Waals surface area contributed by atoms with Crippen LogP contribution in [0.25, 0.3) is 0 Å². The zero-order chi connectivity index (χ0) is 21.0. The monoisotopic (exact) mass is 393 g/mol. The van der Waals surface area contributed by atoms with Crippen LogP contribution in [0.1, 0.15) is 23.6 Å². The second kappa shape index (κ2) is 8.44. The lowest BCUT2D eigenvalue weighted by atomic mass is 10.1. The molecule has 29 heavy (non-hydrogen) atoms. The zero-order valence-corrected chi connectivity index (χ0v) is 15.9. The normalized spacial score (nSPS) is 10.5. The van der Waals surface area contributed by atoms with E-state index in [1.165, 1.54) is 22.8 Å². The Kier molecular flexibility index (Phi) is 5.79. The first kappa shape index (κ1) is 19.9. The van der Waals surface area contributed by atoms with Gasteiger partial charge in [0.25, 0.3) is 5.56 Å². The largest absolute Gasteiger partial charge is 0.383 e. The Morgan fingerprint density at radius 2 is 1.93 bits per heavy atom. The summed E-state index contributed by atoms with van der Waals surface area (Å²) in [5, 5.41) is 9.06. The second-order valence-corrected chi connectivity index (χ2v) is 6.50. The molecule has 0 aliphatic rings. The highest BCUT2D eigenvalue weighted by Gasteiger charge is 2.19. The van der Waals surface area contributed by atoms with E-state index < -0.39 is 17.1 Å². The number of hydrogen-bond donors (Lipinski definition) is 2. The van der Waals surface area contributed by atoms with Crippen LogP contribution in [0.15, 0.2) is 58.1 Å². The molecule has 0 aliphatic carbocycles. The lowest BCUT2D eigenvalue weighted by molar-refractivity contribution is 0.604. The molecule has 3 N–H and O–H groups in total. The maximum Gasteiger partial charge on any atom is 0.330 e. The summed E-state index contributed by atoms with van der Waals surface area (Å²) in [7, 11) is 0. The van der Waals surface area contributed by atoms with E-state index in [9.17, 15) is 14.0 Å². The average molecular weight is 393 g/mol. The number of nitrogens with one attached hydrogen (secondary N) is 1. The molecule has 0 saturated carbocycles. The highest BCUT2D eigenvalue weighted by molar-refractivity contribution is 5.62. The van der Waals surface area contributed by atoms with Crippen molar-refractivity contribution in [3.63, 3.8) is 0 Å². The predicted molar refractivity (Wildman–Crippen MR) is 109 cm³/mol. The van der Waals surface area contributed by atoms with Crippen molar-refractivity contribution >= 4 is 11.5 Å². The Labute approximate surface area is 166 Å². The molecule has 7 nitrogen and oxygen atoms in total. The number of benzene rings is 2. The summed E-state index contributed by atoms with van der Waals surface area (Å²) in [6, 6.07) is 15.2. The predicted octanol–water partition coefficient (Wildman–Crippen LogP) is 2.20. The maximum atomic E-state index is 14.2. The van der Waals surface area contributed by atoms with Gasteiger partial charge in [0.15, 0.2) is 0 Å². The maximum absolute atomic E-state index is 14.2. The summed E-state index contributed by atoms with van der Waals surface area (Å²) in [6.07, 6.45) is 0. The van der Waals surface area contributed by atoms with Crippen LogP contribution in [-0.2, 0) is 13.1 Å². The van der Waals surface area contributed by atoms with E-state index in [2.05, 4.69) is 4.98 Å². The first-order valence-electron chi connectivity index (χ1n) is 9.04. The summed E-state index contributed by atoms with van der Waals surface area (Å²) >= 11 is 0. The second-order valence-electron chi connectivity index (χ2n) is 6.50. The van der Waals surface area contributed by atoms with Crippen LogP contribution in [0.4, 0.5) is 15.9 Å². The van der Waals surface area contributed by atoms with Gasteiger partial charge < -0.3 is 10.6 Å². The Balaban J connectivity index is 2.04. The molecule has 0 saturated heterocycles. The van der Waals surface area contributed by atoms with Gasteiger partial charge in [0.05, 0.1) is 18.2 Å². The molecular weight excluding hydrogens is 373 g/mol. The number of nitriles is 1. The van der Waals surface area contributed by atoms with Gasteiger partial charge in [-0.2, -0.15) is 5.26 Å². The number of nitrogen functional groups attached to an aromatic ring is 1. The number of hydrogen-bond acceptors (Lipinski definition) is 5. The minimum atomic E-state index is -0.643. The van der Waals surface area contributed by atoms with Crippen LogP contribution in [0, 0.1) is 17.1 Å². The van der Waals surface area contributed by atoms with E-state index in [-0.39, 0.29) is 30.2 Å². The zero-order valence-electron chi connectivity index (χ0n) is 15.9. The van der Waals surface area contributed by atoms with E-state index in [0.29, 0.717) is 12.1 Å². The molecule has 0 bridgehead atoms. The van der Waals surface area contributed by atoms with Crippen molar-refractivity contribution in [1.29, 1.82) is 5.26 Å². The van der Waals surface area contributed by atoms with Gasteiger partial charge in [-0.05, 0) is 30.7 Å². The van der Waals surface area contributed by atoms with Crippen molar-refractivity contribution < 1.29 is 4.39 Å². The third-order valence-electron chi connectivity index (χ3n) is 4.63. The minimum Gasteiger partial charge on any atom is -0.383 e. The number of anilines is 2. The van der Waals surface area contributed by atoms with Crippen molar-refractivity contribution in [2.45, 2.75) is 20.0 Å². The fourth-order valence-electron chi connectivity index (χ4n) is 3.13. The molecule has 1 aromatic heterocycles. The van der Waals surface area contributed by atoms with Crippen LogP contribution >= 0.6 is 0 Å². The van der Waals surface area contributed by atoms with E-state index in [0.717, 1.165) is 5.56 Å². The summed E-state index contributed by atoms with van der Waals surface area (Å²) in [5.74, 6) is -0.489. The molecule has 0 radical (unpaired) electrons. The molecule has 0 fully saturated rings. The molecule has 8 heteroatoms. The first-order chi connectivity index (χ1) is 13.9. The highest BCUT2D eigenvalue weighted by atomic mass is 19.1. The van der Waals surface area contributed by atoms with Crippen LogP contribution in [-0.4, -0.2) is 16.1 Å². The number of aromatic nitrogens is 2. The molecule has 3 rings (SSSR count). The summed E-state index contributed by atoms with van der Waals surface area (Å²) in [5.41, 5.74) is 6.45. The number of nitrogens with two attached hydrogens (primary N) is 1. The summed E-state index contributed by atoms with van der Waals surface area (Å²) in [6.45, 7) is 2.34. The van der Waals surface area contributed by atoms with Gasteiger partial charge in [-0.3, -0.25) is 14.3 Å². The van der Waals surface area contributed by atoms with Gasteiger partial charge in [-0.15, -0.1) is 0 Å². The van der Waals surface area contributed by atoms with E-state index in [4.69, 9.17) is 11.0 Å². The fraction of sp³-hybridized carbons (Fsp3) is 0.190. The van der Waals surface area contributed by atoms with Gasteiger partial charge in [0, 0.05) is 18.7 Å². The molecule has 3 aromatic rings. The number of nitrogens with zero attached hydrogens (tertiary/aromatic N) is 3. The van der Waals surface area contributed by atoms with E-state index in [1.54, 1.807) is 11.8 Å². The van der Waals surface area contributed by atoms with Crippen molar-refractivity contribution in [1.82, 2.24) is 9.55 Å². The third-order valence-corrected chi connectivity index (χ3v) is 4.63. The number of rotatable bonds is 6. The molecule has 148 valence electrons. The van der Waals surface area contributed by atoms with Gasteiger partial charge >= 0.3 is 5.69 Å². The molecule has 0 aliphatic heterocycles. The molecule has 1 heterocycles. The molecular formula is C21H20FN5O2. The minimum absolute atomic E-state index is 0.00120.